The molecule has 2 heteroatoms. The van der Waals surface area contributed by atoms with Crippen LogP contribution in [0.1, 0.15) is 45.1 Å². The van der Waals surface area contributed by atoms with Gasteiger partial charge in [0.05, 0.1) is 0 Å². The molecule has 2 nitrogen and oxygen atoms in total. The standard InChI is InChI=1S/C19H32N2/c1-16-10-12-18(13-11-16)21(4)15-19(2,14-20-3)17-8-6-5-7-9-17/h5-9,16,18,20H,10-15H2,1-4H3. The minimum atomic E-state index is 0.174. The molecule has 2 rings (SSSR count). The van der Waals surface area contributed by atoms with Gasteiger partial charge in [0, 0.05) is 24.5 Å². The Kier molecular flexibility index (Phi) is 5.83. The van der Waals surface area contributed by atoms with Crippen molar-refractivity contribution in [3.63, 3.8) is 0 Å². The fourth-order valence-electron chi connectivity index (χ4n) is 3.84. The predicted molar refractivity (Wildman–Crippen MR) is 91.8 cm³/mol. The fourth-order valence-corrected chi connectivity index (χ4v) is 3.84. The van der Waals surface area contributed by atoms with Crippen molar-refractivity contribution in [2.45, 2.75) is 51.0 Å². The van der Waals surface area contributed by atoms with Crippen molar-refractivity contribution in [3.8, 4) is 0 Å². The first-order valence-corrected chi connectivity index (χ1v) is 8.45. The van der Waals surface area contributed by atoms with E-state index in [1.54, 1.807) is 0 Å². The predicted octanol–water partition coefficient (Wildman–Crippen LogP) is 3.67. The van der Waals surface area contributed by atoms with Crippen molar-refractivity contribution in [1.29, 1.82) is 0 Å². The monoisotopic (exact) mass is 288 g/mol. The average molecular weight is 288 g/mol. The molecule has 118 valence electrons. The second-order valence-corrected chi connectivity index (χ2v) is 7.29. The van der Waals surface area contributed by atoms with Gasteiger partial charge in [-0.2, -0.15) is 0 Å². The van der Waals surface area contributed by atoms with E-state index in [0.29, 0.717) is 0 Å². The third-order valence-electron chi connectivity index (χ3n) is 5.24. The van der Waals surface area contributed by atoms with Crippen molar-refractivity contribution < 1.29 is 0 Å². The van der Waals surface area contributed by atoms with Crippen LogP contribution in [-0.2, 0) is 5.41 Å². The summed E-state index contributed by atoms with van der Waals surface area (Å²) in [6, 6.07) is 11.7. The Morgan fingerprint density at radius 1 is 1.14 bits per heavy atom. The Balaban J connectivity index is 2.05. The number of rotatable bonds is 6. The molecule has 1 saturated carbocycles. The zero-order valence-corrected chi connectivity index (χ0v) is 14.2. The Bertz CT molecular complexity index is 409. The minimum Gasteiger partial charge on any atom is -0.319 e. The maximum atomic E-state index is 3.40. The quantitative estimate of drug-likeness (QED) is 0.859. The van der Waals surface area contributed by atoms with E-state index in [-0.39, 0.29) is 5.41 Å². The van der Waals surface area contributed by atoms with Crippen LogP contribution >= 0.6 is 0 Å². The molecule has 1 unspecified atom stereocenters. The van der Waals surface area contributed by atoms with E-state index in [0.717, 1.165) is 25.0 Å². The second-order valence-electron chi connectivity index (χ2n) is 7.29. The van der Waals surface area contributed by atoms with Crippen molar-refractivity contribution >= 4 is 0 Å². The van der Waals surface area contributed by atoms with Crippen LogP contribution in [-0.4, -0.2) is 38.1 Å². The third-order valence-corrected chi connectivity index (χ3v) is 5.24. The molecule has 1 atom stereocenters. The smallest absolute Gasteiger partial charge is 0.0176 e. The highest BCUT2D eigenvalue weighted by molar-refractivity contribution is 5.25. The molecule has 1 aliphatic rings. The molecule has 0 bridgehead atoms. The molecule has 1 fully saturated rings. The van der Waals surface area contributed by atoms with Gasteiger partial charge < -0.3 is 10.2 Å². The Morgan fingerprint density at radius 2 is 1.76 bits per heavy atom. The van der Waals surface area contributed by atoms with Crippen molar-refractivity contribution in [1.82, 2.24) is 10.2 Å². The molecule has 1 aliphatic carbocycles. The first-order chi connectivity index (χ1) is 10.0. The van der Waals surface area contributed by atoms with Crippen LogP contribution in [0.3, 0.4) is 0 Å². The van der Waals surface area contributed by atoms with Crippen LogP contribution in [0.15, 0.2) is 30.3 Å². The van der Waals surface area contributed by atoms with Crippen LogP contribution in [0.25, 0.3) is 0 Å². The number of hydrogen-bond acceptors (Lipinski definition) is 2. The molecule has 0 aromatic heterocycles. The topological polar surface area (TPSA) is 15.3 Å². The molecule has 1 aromatic rings. The lowest BCUT2D eigenvalue weighted by molar-refractivity contribution is 0.141. The van der Waals surface area contributed by atoms with Gasteiger partial charge in [-0.25, -0.2) is 0 Å². The van der Waals surface area contributed by atoms with E-state index in [1.165, 1.54) is 31.2 Å². The minimum absolute atomic E-state index is 0.174. The van der Waals surface area contributed by atoms with Gasteiger partial charge in [0.15, 0.2) is 0 Å². The molecule has 0 radical (unpaired) electrons. The maximum absolute atomic E-state index is 3.40. The van der Waals surface area contributed by atoms with Gasteiger partial charge in [-0.3, -0.25) is 0 Å². The number of hydrogen-bond donors (Lipinski definition) is 1. The van der Waals surface area contributed by atoms with Gasteiger partial charge in [-0.15, -0.1) is 0 Å². The highest BCUT2D eigenvalue weighted by Gasteiger charge is 2.31. The van der Waals surface area contributed by atoms with Gasteiger partial charge >= 0.3 is 0 Å². The van der Waals surface area contributed by atoms with Crippen LogP contribution in [0.5, 0.6) is 0 Å². The van der Waals surface area contributed by atoms with E-state index < -0.39 is 0 Å². The molecule has 0 aliphatic heterocycles. The highest BCUT2D eigenvalue weighted by Crippen LogP contribution is 2.30. The van der Waals surface area contributed by atoms with E-state index in [2.05, 4.69) is 68.5 Å². The molecule has 0 spiro atoms. The maximum Gasteiger partial charge on any atom is 0.0176 e. The van der Waals surface area contributed by atoms with Crippen LogP contribution < -0.4 is 5.32 Å². The average Bonchev–Trinajstić information content (AvgIpc) is 2.49. The van der Waals surface area contributed by atoms with E-state index in [9.17, 15) is 0 Å². The van der Waals surface area contributed by atoms with E-state index in [1.807, 2.05) is 0 Å². The Morgan fingerprint density at radius 3 is 2.33 bits per heavy atom. The summed E-state index contributed by atoms with van der Waals surface area (Å²) in [5, 5.41) is 3.40. The van der Waals surface area contributed by atoms with Crippen LogP contribution in [0.2, 0.25) is 0 Å². The van der Waals surface area contributed by atoms with E-state index in [4.69, 9.17) is 0 Å². The Hall–Kier alpha value is -0.860. The zero-order chi connectivity index (χ0) is 15.3. The third kappa shape index (κ3) is 4.31. The highest BCUT2D eigenvalue weighted by atomic mass is 15.1. The summed E-state index contributed by atoms with van der Waals surface area (Å²) < 4.78 is 0. The van der Waals surface area contributed by atoms with Crippen molar-refractivity contribution in [2.75, 3.05) is 27.2 Å². The van der Waals surface area contributed by atoms with Gasteiger partial charge in [-0.1, -0.05) is 44.2 Å². The summed E-state index contributed by atoms with van der Waals surface area (Å²) in [5.74, 6) is 0.924. The molecule has 0 heterocycles. The summed E-state index contributed by atoms with van der Waals surface area (Å²) >= 11 is 0. The number of nitrogens with one attached hydrogen (secondary N) is 1. The first-order valence-electron chi connectivity index (χ1n) is 8.45. The molecule has 21 heavy (non-hydrogen) atoms. The molecule has 0 saturated heterocycles. The van der Waals surface area contributed by atoms with Crippen molar-refractivity contribution in [2.24, 2.45) is 5.92 Å². The van der Waals surface area contributed by atoms with Gasteiger partial charge in [-0.05, 0) is 51.3 Å². The molecule has 1 N–H and O–H groups in total. The molecular formula is C19H32N2. The molecule has 0 amide bonds. The summed E-state index contributed by atoms with van der Waals surface area (Å²) in [7, 11) is 4.38. The SMILES string of the molecule is CNCC(C)(CN(C)C1CCC(C)CC1)c1ccccc1. The van der Waals surface area contributed by atoms with Gasteiger partial charge in [0.25, 0.3) is 0 Å². The van der Waals surface area contributed by atoms with Gasteiger partial charge in [0.2, 0.25) is 0 Å². The van der Waals surface area contributed by atoms with Crippen LogP contribution in [0, 0.1) is 5.92 Å². The normalized spacial score (nSPS) is 25.8. The lowest BCUT2D eigenvalue weighted by Gasteiger charge is -2.40. The zero-order valence-electron chi connectivity index (χ0n) is 14.2. The number of nitrogens with zero attached hydrogens (tertiary/aromatic N) is 1. The summed E-state index contributed by atoms with van der Waals surface area (Å²) in [5.41, 5.74) is 1.61. The molecule has 1 aromatic carbocycles. The fraction of sp³-hybridized carbons (Fsp3) is 0.684. The lowest BCUT2D eigenvalue weighted by atomic mass is 9.80. The number of likely N-dealkylation sites (N-methyl/N-ethyl adjacent to an activating group) is 2. The lowest BCUT2D eigenvalue weighted by Crippen LogP contribution is -2.47. The molecular weight excluding hydrogens is 256 g/mol. The summed E-state index contributed by atoms with van der Waals surface area (Å²) in [4.78, 5) is 2.61. The number of benzene rings is 1. The second kappa shape index (κ2) is 7.42. The van der Waals surface area contributed by atoms with Crippen LogP contribution in [0.4, 0.5) is 0 Å². The van der Waals surface area contributed by atoms with E-state index >= 15 is 0 Å². The van der Waals surface area contributed by atoms with Gasteiger partial charge in [0.1, 0.15) is 0 Å². The Labute approximate surface area is 130 Å². The summed E-state index contributed by atoms with van der Waals surface area (Å²) in [6.07, 6.45) is 5.51. The summed E-state index contributed by atoms with van der Waals surface area (Å²) in [6.45, 7) is 6.92. The van der Waals surface area contributed by atoms with Crippen molar-refractivity contribution in [3.05, 3.63) is 35.9 Å². The first kappa shape index (κ1) is 16.5. The largest absolute Gasteiger partial charge is 0.319 e.